The fraction of sp³-hybridized carbons (Fsp3) is 0.417. The molecule has 3 nitrogen and oxygen atoms in total. The molecule has 2 N–H and O–H groups in total. The Labute approximate surface area is 104 Å². The van der Waals surface area contributed by atoms with Gasteiger partial charge in [-0.2, -0.15) is 0 Å². The van der Waals surface area contributed by atoms with Gasteiger partial charge in [0.25, 0.3) is 0 Å². The van der Waals surface area contributed by atoms with E-state index >= 15 is 0 Å². The molecule has 16 heavy (non-hydrogen) atoms. The van der Waals surface area contributed by atoms with Crippen LogP contribution in [0.4, 0.5) is 5.69 Å². The van der Waals surface area contributed by atoms with E-state index < -0.39 is 5.97 Å². The van der Waals surface area contributed by atoms with E-state index in [1.165, 1.54) is 5.56 Å². The fourth-order valence-electron chi connectivity index (χ4n) is 1.37. The lowest BCUT2D eigenvalue weighted by molar-refractivity contribution is -0.137. The van der Waals surface area contributed by atoms with Crippen molar-refractivity contribution in [2.45, 2.75) is 20.3 Å². The molecular formula is C12H16BrNO2. The van der Waals surface area contributed by atoms with Crippen LogP contribution in [0.2, 0.25) is 0 Å². The monoisotopic (exact) mass is 285 g/mol. The highest BCUT2D eigenvalue weighted by molar-refractivity contribution is 9.10. The third kappa shape index (κ3) is 4.23. The van der Waals surface area contributed by atoms with Gasteiger partial charge in [0.2, 0.25) is 0 Å². The van der Waals surface area contributed by atoms with Crippen molar-refractivity contribution in [1.82, 2.24) is 0 Å². The molecule has 0 spiro atoms. The molecule has 0 bridgehead atoms. The van der Waals surface area contributed by atoms with Crippen LogP contribution in [-0.4, -0.2) is 17.6 Å². The fourth-order valence-corrected chi connectivity index (χ4v) is 1.74. The average molecular weight is 286 g/mol. The van der Waals surface area contributed by atoms with Crippen molar-refractivity contribution in [2.24, 2.45) is 5.92 Å². The van der Waals surface area contributed by atoms with Gasteiger partial charge in [-0.25, -0.2) is 0 Å². The van der Waals surface area contributed by atoms with Crippen molar-refractivity contribution in [3.63, 3.8) is 0 Å². The van der Waals surface area contributed by atoms with Crippen molar-refractivity contribution < 1.29 is 9.90 Å². The Kier molecular flexibility index (Phi) is 4.80. The van der Waals surface area contributed by atoms with Crippen LogP contribution in [0.5, 0.6) is 0 Å². The average Bonchev–Trinajstić information content (AvgIpc) is 2.19. The van der Waals surface area contributed by atoms with E-state index in [9.17, 15) is 4.79 Å². The number of carboxylic acids is 1. The second kappa shape index (κ2) is 5.89. The van der Waals surface area contributed by atoms with Crippen molar-refractivity contribution >= 4 is 27.6 Å². The zero-order chi connectivity index (χ0) is 12.1. The topological polar surface area (TPSA) is 49.3 Å². The summed E-state index contributed by atoms with van der Waals surface area (Å²) < 4.78 is 1.06. The van der Waals surface area contributed by atoms with Gasteiger partial charge in [0.1, 0.15) is 0 Å². The molecule has 88 valence electrons. The van der Waals surface area contributed by atoms with E-state index in [0.29, 0.717) is 6.54 Å². The molecular weight excluding hydrogens is 270 g/mol. The smallest absolute Gasteiger partial charge is 0.303 e. The Morgan fingerprint density at radius 2 is 2.25 bits per heavy atom. The van der Waals surface area contributed by atoms with Gasteiger partial charge in [-0.15, -0.1) is 0 Å². The lowest BCUT2D eigenvalue weighted by Gasteiger charge is -2.12. The maximum atomic E-state index is 10.5. The zero-order valence-corrected chi connectivity index (χ0v) is 11.0. The molecule has 1 aromatic rings. The molecule has 0 aliphatic heterocycles. The Hall–Kier alpha value is -1.03. The molecule has 1 atom stereocenters. The van der Waals surface area contributed by atoms with Crippen molar-refractivity contribution in [3.05, 3.63) is 28.2 Å². The van der Waals surface area contributed by atoms with Gasteiger partial charge in [-0.05, 0) is 30.5 Å². The number of aliphatic carboxylic acids is 1. The normalized spacial score (nSPS) is 12.2. The van der Waals surface area contributed by atoms with Gasteiger partial charge in [-0.3, -0.25) is 4.79 Å². The standard InChI is InChI=1S/C12H16BrNO2/c1-8(5-12(15)16)7-14-10-4-3-9(2)11(13)6-10/h3-4,6,8,14H,5,7H2,1-2H3,(H,15,16). The molecule has 0 amide bonds. The molecule has 0 radical (unpaired) electrons. The highest BCUT2D eigenvalue weighted by Crippen LogP contribution is 2.20. The summed E-state index contributed by atoms with van der Waals surface area (Å²) in [5, 5.41) is 11.9. The maximum absolute atomic E-state index is 10.5. The van der Waals surface area contributed by atoms with Crippen LogP contribution in [0.3, 0.4) is 0 Å². The number of rotatable bonds is 5. The summed E-state index contributed by atoms with van der Waals surface area (Å²) in [6.45, 7) is 4.62. The molecule has 0 aliphatic carbocycles. The summed E-state index contributed by atoms with van der Waals surface area (Å²) in [6, 6.07) is 6.02. The zero-order valence-electron chi connectivity index (χ0n) is 9.46. The summed E-state index contributed by atoms with van der Waals surface area (Å²) in [7, 11) is 0. The number of hydrogen-bond acceptors (Lipinski definition) is 2. The molecule has 1 rings (SSSR count). The molecule has 0 saturated heterocycles. The molecule has 0 saturated carbocycles. The van der Waals surface area contributed by atoms with Crippen molar-refractivity contribution in [3.8, 4) is 0 Å². The minimum absolute atomic E-state index is 0.123. The Morgan fingerprint density at radius 1 is 1.56 bits per heavy atom. The number of carboxylic acid groups (broad SMARTS) is 1. The third-order valence-corrected chi connectivity index (χ3v) is 3.20. The van der Waals surface area contributed by atoms with E-state index in [-0.39, 0.29) is 12.3 Å². The van der Waals surface area contributed by atoms with Crippen LogP contribution in [0.15, 0.2) is 22.7 Å². The lowest BCUT2D eigenvalue weighted by atomic mass is 10.1. The molecule has 1 unspecified atom stereocenters. The highest BCUT2D eigenvalue weighted by atomic mass is 79.9. The van der Waals surface area contributed by atoms with Gasteiger partial charge in [-0.1, -0.05) is 28.9 Å². The van der Waals surface area contributed by atoms with Gasteiger partial charge >= 0.3 is 5.97 Å². The van der Waals surface area contributed by atoms with Crippen LogP contribution < -0.4 is 5.32 Å². The number of benzene rings is 1. The van der Waals surface area contributed by atoms with Crippen LogP contribution >= 0.6 is 15.9 Å². The number of hydrogen-bond donors (Lipinski definition) is 2. The molecule has 0 aliphatic rings. The summed E-state index contributed by atoms with van der Waals surface area (Å²) in [6.07, 6.45) is 0.194. The van der Waals surface area contributed by atoms with Gasteiger partial charge in [0, 0.05) is 23.1 Å². The number of carbonyl (C=O) groups is 1. The maximum Gasteiger partial charge on any atom is 0.303 e. The van der Waals surface area contributed by atoms with E-state index in [4.69, 9.17) is 5.11 Å². The predicted molar refractivity (Wildman–Crippen MR) is 68.8 cm³/mol. The summed E-state index contributed by atoms with van der Waals surface area (Å²) >= 11 is 3.46. The third-order valence-electron chi connectivity index (χ3n) is 2.35. The SMILES string of the molecule is Cc1ccc(NCC(C)CC(=O)O)cc1Br. The minimum Gasteiger partial charge on any atom is -0.481 e. The largest absolute Gasteiger partial charge is 0.481 e. The summed E-state index contributed by atoms with van der Waals surface area (Å²) in [5.41, 5.74) is 2.19. The molecule has 0 aromatic heterocycles. The summed E-state index contributed by atoms with van der Waals surface area (Å²) in [4.78, 5) is 10.5. The first-order chi connectivity index (χ1) is 7.49. The van der Waals surface area contributed by atoms with Gasteiger partial charge in [0.15, 0.2) is 0 Å². The lowest BCUT2D eigenvalue weighted by Crippen LogP contribution is -2.14. The Balaban J connectivity index is 2.48. The summed E-state index contributed by atoms with van der Waals surface area (Å²) in [5.74, 6) is -0.628. The molecule has 1 aromatic carbocycles. The van der Waals surface area contributed by atoms with Crippen LogP contribution in [0, 0.1) is 12.8 Å². The van der Waals surface area contributed by atoms with E-state index in [1.807, 2.05) is 32.0 Å². The number of aryl methyl sites for hydroxylation is 1. The van der Waals surface area contributed by atoms with Gasteiger partial charge in [0.05, 0.1) is 0 Å². The van der Waals surface area contributed by atoms with Crippen LogP contribution in [-0.2, 0) is 4.79 Å². The van der Waals surface area contributed by atoms with E-state index in [1.54, 1.807) is 0 Å². The number of anilines is 1. The van der Waals surface area contributed by atoms with Crippen LogP contribution in [0.25, 0.3) is 0 Å². The predicted octanol–water partition coefficient (Wildman–Crippen LogP) is 3.28. The first-order valence-corrected chi connectivity index (χ1v) is 6.00. The van der Waals surface area contributed by atoms with Gasteiger partial charge < -0.3 is 10.4 Å². The number of nitrogens with one attached hydrogen (secondary N) is 1. The molecule has 0 heterocycles. The number of halogens is 1. The molecule has 0 fully saturated rings. The Bertz CT molecular complexity index is 379. The van der Waals surface area contributed by atoms with Crippen molar-refractivity contribution in [2.75, 3.05) is 11.9 Å². The first kappa shape index (κ1) is 13.0. The second-order valence-corrected chi connectivity index (χ2v) is 4.90. The van der Waals surface area contributed by atoms with Crippen molar-refractivity contribution in [1.29, 1.82) is 0 Å². The minimum atomic E-state index is -0.751. The second-order valence-electron chi connectivity index (χ2n) is 4.05. The quantitative estimate of drug-likeness (QED) is 0.873. The molecule has 4 heteroatoms. The first-order valence-electron chi connectivity index (χ1n) is 5.21. The van der Waals surface area contributed by atoms with E-state index in [2.05, 4.69) is 21.2 Å². The van der Waals surface area contributed by atoms with E-state index in [0.717, 1.165) is 10.2 Å². The highest BCUT2D eigenvalue weighted by Gasteiger charge is 2.07. The Morgan fingerprint density at radius 3 is 2.81 bits per heavy atom. The van der Waals surface area contributed by atoms with Crippen LogP contribution in [0.1, 0.15) is 18.9 Å².